The molecule has 0 saturated carbocycles. The van der Waals surface area contributed by atoms with Crippen molar-refractivity contribution in [1.82, 2.24) is 0 Å². The number of hydrogen-bond donors (Lipinski definition) is 0. The summed E-state index contributed by atoms with van der Waals surface area (Å²) in [6, 6.07) is 0. The van der Waals surface area contributed by atoms with E-state index in [1.54, 1.807) is 0 Å². The van der Waals surface area contributed by atoms with Gasteiger partial charge in [-0.1, -0.05) is 0 Å². The van der Waals surface area contributed by atoms with Crippen molar-refractivity contribution in [2.24, 2.45) is 0 Å². The Morgan fingerprint density at radius 3 is 2.33 bits per heavy atom. The van der Waals surface area contributed by atoms with E-state index in [0.717, 1.165) is 0 Å². The minimum atomic E-state index is -0.608. The second kappa shape index (κ2) is 5.09. The van der Waals surface area contributed by atoms with Gasteiger partial charge in [0.15, 0.2) is 0 Å². The average molecular weight is 168 g/mol. The third kappa shape index (κ3) is 5.20. The van der Waals surface area contributed by atoms with Gasteiger partial charge in [0.2, 0.25) is 5.78 Å². The Bertz CT molecular complexity index is 264. The summed E-state index contributed by atoms with van der Waals surface area (Å²) in [5.74, 6) is -1.36. The van der Waals surface area contributed by atoms with Crippen molar-refractivity contribution in [3.8, 4) is 0 Å². The molecular formula is C7H8N2O3. The number of nitrogens with zero attached hydrogens (tertiary/aromatic N) is 2. The fourth-order valence-corrected chi connectivity index (χ4v) is 0.645. The molecule has 0 N–H and O–H groups in total. The van der Waals surface area contributed by atoms with Crippen LogP contribution in [0.1, 0.15) is 19.8 Å². The first-order chi connectivity index (χ1) is 5.56. The fraction of sp³-hybridized carbons (Fsp3) is 0.429. The molecule has 0 unspecified atom stereocenters. The van der Waals surface area contributed by atoms with E-state index in [1.165, 1.54) is 6.92 Å². The van der Waals surface area contributed by atoms with Crippen LogP contribution in [0.25, 0.3) is 5.53 Å². The second-order valence-electron chi connectivity index (χ2n) is 2.31. The molecule has 64 valence electrons. The number of carbonyl (C=O) groups excluding carboxylic acids is 3. The summed E-state index contributed by atoms with van der Waals surface area (Å²) in [6.07, 6.45) is 0.00663. The zero-order valence-electron chi connectivity index (χ0n) is 6.61. The lowest BCUT2D eigenvalue weighted by molar-refractivity contribution is -0.128. The van der Waals surface area contributed by atoms with E-state index in [9.17, 15) is 14.4 Å². The molecule has 12 heavy (non-hydrogen) atoms. The van der Waals surface area contributed by atoms with E-state index in [4.69, 9.17) is 5.53 Å². The highest BCUT2D eigenvalue weighted by molar-refractivity contribution is 6.30. The highest BCUT2D eigenvalue weighted by atomic mass is 16.2. The minimum Gasteiger partial charge on any atom is -0.361 e. The van der Waals surface area contributed by atoms with Gasteiger partial charge in [-0.2, -0.15) is 4.79 Å². The summed E-state index contributed by atoms with van der Waals surface area (Å²) in [5, 5.41) is 0. The molecule has 5 nitrogen and oxygen atoms in total. The number of Topliss-reactive ketones (excluding diaryl/α,β-unsaturated/α-hetero) is 3. The molecule has 0 bridgehead atoms. The van der Waals surface area contributed by atoms with E-state index in [0.29, 0.717) is 6.21 Å². The Balaban J connectivity index is 3.93. The predicted molar refractivity (Wildman–Crippen MR) is 39.6 cm³/mol. The van der Waals surface area contributed by atoms with Crippen molar-refractivity contribution in [1.29, 1.82) is 0 Å². The van der Waals surface area contributed by atoms with E-state index < -0.39 is 11.6 Å². The van der Waals surface area contributed by atoms with Gasteiger partial charge in [0.05, 0.1) is 12.8 Å². The first-order valence-electron chi connectivity index (χ1n) is 3.27. The predicted octanol–water partition coefficient (Wildman–Crippen LogP) is -0.206. The first-order valence-corrected chi connectivity index (χ1v) is 3.27. The number of hydrogen-bond acceptors (Lipinski definition) is 3. The maximum absolute atomic E-state index is 10.8. The molecule has 0 fully saturated rings. The van der Waals surface area contributed by atoms with Crippen LogP contribution in [0.3, 0.4) is 0 Å². The van der Waals surface area contributed by atoms with Gasteiger partial charge in [0, 0.05) is 0 Å². The number of rotatable bonds is 5. The Morgan fingerprint density at radius 2 is 1.92 bits per heavy atom. The lowest BCUT2D eigenvalue weighted by Gasteiger charge is -1.89. The highest BCUT2D eigenvalue weighted by Gasteiger charge is 2.11. The van der Waals surface area contributed by atoms with Crippen molar-refractivity contribution in [2.45, 2.75) is 19.8 Å². The van der Waals surface area contributed by atoms with Crippen LogP contribution >= 0.6 is 0 Å². The van der Waals surface area contributed by atoms with Crippen molar-refractivity contribution in [3.63, 3.8) is 0 Å². The van der Waals surface area contributed by atoms with Gasteiger partial charge in [0.25, 0.3) is 0 Å². The number of carbonyl (C=O) groups is 3. The lowest BCUT2D eigenvalue weighted by Crippen LogP contribution is -2.11. The van der Waals surface area contributed by atoms with Crippen LogP contribution < -0.4 is 0 Å². The van der Waals surface area contributed by atoms with Crippen molar-refractivity contribution in [3.05, 3.63) is 5.53 Å². The molecule has 0 aromatic heterocycles. The molecule has 0 aliphatic rings. The van der Waals surface area contributed by atoms with Gasteiger partial charge < -0.3 is 5.53 Å². The molecule has 0 heterocycles. The molecule has 0 aliphatic carbocycles. The molecule has 0 aliphatic heterocycles. The van der Waals surface area contributed by atoms with E-state index in [1.807, 2.05) is 0 Å². The normalized spacial score (nSPS) is 8.42. The molecule has 0 atom stereocenters. The largest absolute Gasteiger partial charge is 0.361 e. The molecule has 5 heteroatoms. The van der Waals surface area contributed by atoms with Crippen LogP contribution in [0.2, 0.25) is 0 Å². The van der Waals surface area contributed by atoms with Gasteiger partial charge >= 0.3 is 6.21 Å². The maximum atomic E-state index is 10.8. The highest BCUT2D eigenvalue weighted by Crippen LogP contribution is 1.90. The molecular weight excluding hydrogens is 160 g/mol. The van der Waals surface area contributed by atoms with Crippen molar-refractivity contribution >= 4 is 23.6 Å². The Hall–Kier alpha value is -1.61. The van der Waals surface area contributed by atoms with Gasteiger partial charge in [-0.3, -0.25) is 14.4 Å². The van der Waals surface area contributed by atoms with E-state index in [2.05, 4.69) is 4.79 Å². The lowest BCUT2D eigenvalue weighted by atomic mass is 10.1. The molecule has 0 aromatic carbocycles. The maximum Gasteiger partial charge on any atom is 0.323 e. The smallest absolute Gasteiger partial charge is 0.323 e. The molecule has 0 amide bonds. The van der Waals surface area contributed by atoms with Crippen LogP contribution in [0.4, 0.5) is 0 Å². The topological polar surface area (TPSA) is 87.6 Å². The SMILES string of the molecule is CC(=O)CC(=O)CC(=O)C=[N+]=[N-]. The van der Waals surface area contributed by atoms with E-state index in [-0.39, 0.29) is 18.6 Å². The monoisotopic (exact) mass is 168 g/mol. The van der Waals surface area contributed by atoms with Crippen LogP contribution in [0.15, 0.2) is 0 Å². The van der Waals surface area contributed by atoms with Gasteiger partial charge in [-0.25, -0.2) is 0 Å². The molecule has 0 radical (unpaired) electrons. The summed E-state index contributed by atoms with van der Waals surface area (Å²) in [5.41, 5.74) is 7.90. The van der Waals surface area contributed by atoms with Gasteiger partial charge in [0.1, 0.15) is 11.6 Å². The van der Waals surface area contributed by atoms with E-state index >= 15 is 0 Å². The Labute approximate surface area is 69.0 Å². The Morgan fingerprint density at radius 1 is 1.33 bits per heavy atom. The van der Waals surface area contributed by atoms with Crippen LogP contribution in [0, 0.1) is 0 Å². The summed E-state index contributed by atoms with van der Waals surface area (Å²) in [7, 11) is 0. The van der Waals surface area contributed by atoms with Crippen molar-refractivity contribution in [2.75, 3.05) is 0 Å². The van der Waals surface area contributed by atoms with Crippen LogP contribution in [-0.4, -0.2) is 28.4 Å². The fourth-order valence-electron chi connectivity index (χ4n) is 0.645. The third-order valence-corrected chi connectivity index (χ3v) is 1.02. The third-order valence-electron chi connectivity index (χ3n) is 1.02. The number of ketones is 3. The minimum absolute atomic E-state index is 0.245. The molecule has 0 spiro atoms. The summed E-state index contributed by atoms with van der Waals surface area (Å²) in [4.78, 5) is 34.2. The van der Waals surface area contributed by atoms with Gasteiger partial charge in [-0.05, 0) is 6.92 Å². The zero-order valence-corrected chi connectivity index (χ0v) is 6.61. The molecule has 0 rings (SSSR count). The van der Waals surface area contributed by atoms with Crippen LogP contribution in [-0.2, 0) is 14.4 Å². The average Bonchev–Trinajstić information content (AvgIpc) is 1.84. The molecule has 0 aromatic rings. The second-order valence-corrected chi connectivity index (χ2v) is 2.31. The first kappa shape index (κ1) is 10.4. The van der Waals surface area contributed by atoms with Crippen LogP contribution in [0.5, 0.6) is 0 Å². The Kier molecular flexibility index (Phi) is 4.41. The van der Waals surface area contributed by atoms with Gasteiger partial charge in [-0.15, -0.1) is 0 Å². The standard InChI is InChI=1S/C7H8N2O3/c1-5(10)2-6(11)3-7(12)4-9-8/h4H,2-3H2,1H3. The summed E-state index contributed by atoms with van der Waals surface area (Å²) < 4.78 is 0. The zero-order chi connectivity index (χ0) is 9.56. The summed E-state index contributed by atoms with van der Waals surface area (Å²) in [6.45, 7) is 1.27. The van der Waals surface area contributed by atoms with Crippen molar-refractivity contribution < 1.29 is 19.2 Å². The summed E-state index contributed by atoms with van der Waals surface area (Å²) >= 11 is 0. The molecule has 0 saturated heterocycles. The quantitative estimate of drug-likeness (QED) is 0.246.